The maximum absolute atomic E-state index is 13.0. The van der Waals surface area contributed by atoms with Crippen molar-refractivity contribution in [1.29, 1.82) is 0 Å². The number of anilines is 3. The molecule has 0 heterocycles. The van der Waals surface area contributed by atoms with E-state index in [9.17, 15) is 4.39 Å². The average Bonchev–Trinajstić information content (AvgIpc) is 2.32. The molecule has 94 valence electrons. The van der Waals surface area contributed by atoms with Crippen molar-refractivity contribution < 1.29 is 9.13 Å². The summed E-state index contributed by atoms with van der Waals surface area (Å²) in [5.74, 6) is 0.369. The van der Waals surface area contributed by atoms with Crippen molar-refractivity contribution in [3.63, 3.8) is 0 Å². The molecule has 0 aliphatic rings. The second-order valence-corrected chi connectivity index (χ2v) is 4.60. The highest BCUT2D eigenvalue weighted by Gasteiger charge is 2.04. The predicted molar refractivity (Wildman–Crippen MR) is 74.8 cm³/mol. The van der Waals surface area contributed by atoms with Crippen molar-refractivity contribution in [3.8, 4) is 5.75 Å². The van der Waals surface area contributed by atoms with Crippen molar-refractivity contribution in [1.82, 2.24) is 0 Å². The van der Waals surface area contributed by atoms with Gasteiger partial charge in [0.05, 0.1) is 12.8 Å². The highest BCUT2D eigenvalue weighted by atomic mass is 79.9. The number of methoxy groups -OCH3 is 1. The fourth-order valence-electron chi connectivity index (χ4n) is 1.56. The van der Waals surface area contributed by atoms with Gasteiger partial charge >= 0.3 is 0 Å². The summed E-state index contributed by atoms with van der Waals surface area (Å²) in [5.41, 5.74) is 7.88. The van der Waals surface area contributed by atoms with Gasteiger partial charge < -0.3 is 15.8 Å². The van der Waals surface area contributed by atoms with Gasteiger partial charge in [0.15, 0.2) is 0 Å². The number of halogens is 2. The number of benzene rings is 2. The Bertz CT molecular complexity index is 575. The summed E-state index contributed by atoms with van der Waals surface area (Å²) >= 11 is 3.29. The molecule has 0 unspecified atom stereocenters. The van der Waals surface area contributed by atoms with Crippen molar-refractivity contribution in [2.75, 3.05) is 18.2 Å². The molecule has 0 bridgehead atoms. The molecule has 0 fully saturated rings. The Balaban J connectivity index is 2.30. The lowest BCUT2D eigenvalue weighted by Gasteiger charge is -2.11. The van der Waals surface area contributed by atoms with Gasteiger partial charge in [-0.3, -0.25) is 0 Å². The van der Waals surface area contributed by atoms with Gasteiger partial charge in [-0.1, -0.05) is 0 Å². The van der Waals surface area contributed by atoms with E-state index in [4.69, 9.17) is 10.5 Å². The van der Waals surface area contributed by atoms with E-state index < -0.39 is 0 Å². The van der Waals surface area contributed by atoms with Gasteiger partial charge in [0.1, 0.15) is 11.6 Å². The lowest BCUT2D eigenvalue weighted by atomic mass is 10.2. The van der Waals surface area contributed by atoms with Gasteiger partial charge in [-0.2, -0.15) is 0 Å². The first-order valence-corrected chi connectivity index (χ1v) is 6.04. The molecular weight excluding hydrogens is 299 g/mol. The Morgan fingerprint density at radius 1 is 1.22 bits per heavy atom. The monoisotopic (exact) mass is 310 g/mol. The Hall–Kier alpha value is -1.75. The van der Waals surface area contributed by atoms with Crippen LogP contribution < -0.4 is 15.8 Å². The number of nitrogens with one attached hydrogen (secondary N) is 1. The molecule has 3 nitrogen and oxygen atoms in total. The molecule has 0 saturated carbocycles. The van der Waals surface area contributed by atoms with Gasteiger partial charge in [-0.25, -0.2) is 4.39 Å². The second-order valence-electron chi connectivity index (χ2n) is 3.74. The Labute approximate surface area is 113 Å². The zero-order valence-corrected chi connectivity index (χ0v) is 11.3. The van der Waals surface area contributed by atoms with Gasteiger partial charge in [0.25, 0.3) is 0 Å². The highest BCUT2D eigenvalue weighted by molar-refractivity contribution is 9.10. The van der Waals surface area contributed by atoms with Crippen molar-refractivity contribution in [3.05, 3.63) is 46.7 Å². The van der Waals surface area contributed by atoms with Crippen LogP contribution >= 0.6 is 15.9 Å². The van der Waals surface area contributed by atoms with Gasteiger partial charge in [0, 0.05) is 28.0 Å². The number of nitrogens with two attached hydrogens (primary N) is 1. The van der Waals surface area contributed by atoms with E-state index in [2.05, 4.69) is 21.2 Å². The molecule has 0 amide bonds. The zero-order valence-electron chi connectivity index (χ0n) is 9.71. The molecule has 2 aromatic carbocycles. The first kappa shape index (κ1) is 12.7. The van der Waals surface area contributed by atoms with Crippen LogP contribution in [0.4, 0.5) is 21.5 Å². The summed E-state index contributed by atoms with van der Waals surface area (Å²) in [6.45, 7) is 0. The minimum Gasteiger partial charge on any atom is -0.497 e. The summed E-state index contributed by atoms with van der Waals surface area (Å²) in [5, 5.41) is 3.14. The van der Waals surface area contributed by atoms with Gasteiger partial charge in [-0.05, 0) is 40.2 Å². The molecule has 18 heavy (non-hydrogen) atoms. The fraction of sp³-hybridized carbons (Fsp3) is 0.0769. The van der Waals surface area contributed by atoms with E-state index in [1.165, 1.54) is 12.1 Å². The minimum atomic E-state index is -0.294. The SMILES string of the molecule is COc1cc(N)cc(Nc2ccc(F)cc2Br)c1. The normalized spacial score (nSPS) is 10.2. The van der Waals surface area contributed by atoms with E-state index >= 15 is 0 Å². The lowest BCUT2D eigenvalue weighted by molar-refractivity contribution is 0.415. The summed E-state index contributed by atoms with van der Waals surface area (Å²) in [7, 11) is 1.58. The first-order valence-electron chi connectivity index (χ1n) is 5.25. The fourth-order valence-corrected chi connectivity index (χ4v) is 2.01. The van der Waals surface area contributed by atoms with Crippen molar-refractivity contribution in [2.45, 2.75) is 0 Å². The largest absolute Gasteiger partial charge is 0.497 e. The maximum atomic E-state index is 13.0. The number of rotatable bonds is 3. The van der Waals surface area contributed by atoms with E-state index in [-0.39, 0.29) is 5.82 Å². The van der Waals surface area contributed by atoms with Crippen LogP contribution in [0.15, 0.2) is 40.9 Å². The molecule has 0 saturated heterocycles. The van der Waals surface area contributed by atoms with E-state index in [1.807, 2.05) is 6.07 Å². The van der Waals surface area contributed by atoms with Crippen LogP contribution in [-0.4, -0.2) is 7.11 Å². The Morgan fingerprint density at radius 3 is 2.67 bits per heavy atom. The van der Waals surface area contributed by atoms with Crippen LogP contribution in [0.25, 0.3) is 0 Å². The molecular formula is C13H12BrFN2O. The summed E-state index contributed by atoms with van der Waals surface area (Å²) in [6, 6.07) is 9.74. The van der Waals surface area contributed by atoms with E-state index in [1.54, 1.807) is 25.3 Å². The smallest absolute Gasteiger partial charge is 0.124 e. The summed E-state index contributed by atoms with van der Waals surface area (Å²) < 4.78 is 18.7. The molecule has 0 atom stereocenters. The standard InChI is InChI=1S/C13H12BrFN2O/c1-18-11-6-9(16)5-10(7-11)17-13-3-2-8(15)4-12(13)14/h2-7,17H,16H2,1H3. The van der Waals surface area contributed by atoms with Gasteiger partial charge in [0.2, 0.25) is 0 Å². The van der Waals surface area contributed by atoms with E-state index in [0.717, 1.165) is 11.4 Å². The molecule has 0 radical (unpaired) electrons. The zero-order chi connectivity index (χ0) is 13.1. The maximum Gasteiger partial charge on any atom is 0.124 e. The number of nitrogen functional groups attached to an aromatic ring is 1. The lowest BCUT2D eigenvalue weighted by Crippen LogP contribution is -1.95. The summed E-state index contributed by atoms with van der Waals surface area (Å²) in [6.07, 6.45) is 0. The van der Waals surface area contributed by atoms with Crippen molar-refractivity contribution >= 4 is 33.0 Å². The first-order chi connectivity index (χ1) is 8.58. The topological polar surface area (TPSA) is 47.3 Å². The molecule has 2 rings (SSSR count). The molecule has 2 aromatic rings. The summed E-state index contributed by atoms with van der Waals surface area (Å²) in [4.78, 5) is 0. The third kappa shape index (κ3) is 2.92. The van der Waals surface area contributed by atoms with Gasteiger partial charge in [-0.15, -0.1) is 0 Å². The van der Waals surface area contributed by atoms with Crippen LogP contribution in [0, 0.1) is 5.82 Å². The Kier molecular flexibility index (Phi) is 3.72. The second kappa shape index (κ2) is 5.27. The molecule has 0 spiro atoms. The molecule has 3 N–H and O–H groups in total. The van der Waals surface area contributed by atoms with E-state index in [0.29, 0.717) is 15.9 Å². The Morgan fingerprint density at radius 2 is 2.00 bits per heavy atom. The molecule has 0 aliphatic carbocycles. The highest BCUT2D eigenvalue weighted by Crippen LogP contribution is 2.29. The third-order valence-electron chi connectivity index (χ3n) is 2.37. The minimum absolute atomic E-state index is 0.294. The van der Waals surface area contributed by atoms with Crippen molar-refractivity contribution in [2.24, 2.45) is 0 Å². The quantitative estimate of drug-likeness (QED) is 0.845. The van der Waals surface area contributed by atoms with Crippen LogP contribution in [-0.2, 0) is 0 Å². The molecule has 0 aromatic heterocycles. The number of hydrogen-bond acceptors (Lipinski definition) is 3. The van der Waals surface area contributed by atoms with Crippen LogP contribution in [0.2, 0.25) is 0 Å². The van der Waals surface area contributed by atoms with Crippen LogP contribution in [0.1, 0.15) is 0 Å². The number of ether oxygens (including phenoxy) is 1. The number of hydrogen-bond donors (Lipinski definition) is 2. The predicted octanol–water partition coefficient (Wildman–Crippen LogP) is 3.92. The molecule has 0 aliphatic heterocycles. The third-order valence-corrected chi connectivity index (χ3v) is 3.03. The molecule has 5 heteroatoms. The van der Waals surface area contributed by atoms with Crippen LogP contribution in [0.3, 0.4) is 0 Å². The average molecular weight is 311 g/mol. The van der Waals surface area contributed by atoms with Crippen LogP contribution in [0.5, 0.6) is 5.75 Å².